The molecule has 3 aromatic heterocycles. The van der Waals surface area contributed by atoms with Gasteiger partial charge in [0.2, 0.25) is 0 Å². The van der Waals surface area contributed by atoms with Crippen LogP contribution in [0.5, 0.6) is 5.75 Å². The van der Waals surface area contributed by atoms with Crippen molar-refractivity contribution in [3.05, 3.63) is 48.5 Å². The lowest BCUT2D eigenvalue weighted by molar-refractivity contribution is 0.125. The summed E-state index contributed by atoms with van der Waals surface area (Å²) in [5.41, 5.74) is 3.37. The molecule has 0 radical (unpaired) electrons. The van der Waals surface area contributed by atoms with Crippen molar-refractivity contribution in [2.45, 2.75) is 24.5 Å². The van der Waals surface area contributed by atoms with Crippen molar-refractivity contribution in [2.24, 2.45) is 7.05 Å². The molecule has 0 atom stereocenters. The second-order valence-corrected chi connectivity index (χ2v) is 9.15. The van der Waals surface area contributed by atoms with Crippen LogP contribution in [0.4, 0.5) is 5.69 Å². The van der Waals surface area contributed by atoms with E-state index in [1.807, 2.05) is 10.7 Å². The molecule has 0 aliphatic carbocycles. The number of ether oxygens (including phenoxy) is 2. The molecule has 0 saturated carbocycles. The average Bonchev–Trinajstić information content (AvgIpc) is 3.29. The van der Waals surface area contributed by atoms with Crippen LogP contribution in [0.3, 0.4) is 0 Å². The van der Waals surface area contributed by atoms with Gasteiger partial charge in [-0.1, -0.05) is 0 Å². The predicted octanol–water partition coefficient (Wildman–Crippen LogP) is 2.56. The van der Waals surface area contributed by atoms with Gasteiger partial charge in [0.25, 0.3) is 10.0 Å². The van der Waals surface area contributed by atoms with Crippen molar-refractivity contribution in [1.29, 1.82) is 0 Å². The van der Waals surface area contributed by atoms with E-state index < -0.39 is 10.0 Å². The number of aromatic nitrogens is 5. The first-order valence-electron chi connectivity index (χ1n) is 10.1. The number of sulfonamides is 1. The number of methoxy groups -OCH3 is 1. The van der Waals surface area contributed by atoms with Crippen molar-refractivity contribution in [2.75, 3.05) is 18.4 Å². The minimum atomic E-state index is -3.92. The van der Waals surface area contributed by atoms with Crippen LogP contribution in [-0.2, 0) is 35.0 Å². The first-order valence-corrected chi connectivity index (χ1v) is 11.6. The summed E-state index contributed by atoms with van der Waals surface area (Å²) in [6.45, 7) is 1.92. The third-order valence-electron chi connectivity index (χ3n) is 5.49. The fourth-order valence-electron chi connectivity index (χ4n) is 3.86. The van der Waals surface area contributed by atoms with E-state index in [1.165, 1.54) is 19.4 Å². The number of nitrogens with one attached hydrogen (secondary N) is 1. The molecule has 32 heavy (non-hydrogen) atoms. The molecule has 5 rings (SSSR count). The zero-order valence-electron chi connectivity index (χ0n) is 17.6. The van der Waals surface area contributed by atoms with Gasteiger partial charge < -0.3 is 9.47 Å². The Bertz CT molecular complexity index is 1390. The third kappa shape index (κ3) is 3.49. The van der Waals surface area contributed by atoms with Crippen LogP contribution in [-0.4, -0.2) is 46.7 Å². The van der Waals surface area contributed by atoms with E-state index in [0.717, 1.165) is 29.6 Å². The van der Waals surface area contributed by atoms with Gasteiger partial charge in [0.15, 0.2) is 0 Å². The molecule has 0 saturated heterocycles. The normalized spacial score (nSPS) is 14.2. The van der Waals surface area contributed by atoms with Crippen molar-refractivity contribution in [3.63, 3.8) is 0 Å². The maximum atomic E-state index is 13.1. The van der Waals surface area contributed by atoms with Gasteiger partial charge in [-0.15, -0.1) is 0 Å². The summed E-state index contributed by atoms with van der Waals surface area (Å²) in [6.07, 6.45) is 5.65. The zero-order valence-corrected chi connectivity index (χ0v) is 18.5. The largest absolute Gasteiger partial charge is 0.494 e. The smallest absolute Gasteiger partial charge is 0.263 e. The lowest BCUT2D eigenvalue weighted by atomic mass is 10.1. The number of hydrogen-bond acceptors (Lipinski definition) is 7. The summed E-state index contributed by atoms with van der Waals surface area (Å²) in [5, 5.41) is 9.42. The minimum absolute atomic E-state index is 0.0389. The zero-order chi connectivity index (χ0) is 22.3. The van der Waals surface area contributed by atoms with Gasteiger partial charge in [0, 0.05) is 37.3 Å². The van der Waals surface area contributed by atoms with Crippen LogP contribution in [0.15, 0.2) is 47.8 Å². The van der Waals surface area contributed by atoms with Crippen LogP contribution in [0.1, 0.15) is 12.1 Å². The second kappa shape index (κ2) is 7.92. The maximum Gasteiger partial charge on any atom is 0.263 e. The van der Waals surface area contributed by atoms with Gasteiger partial charge in [-0.3, -0.25) is 19.1 Å². The first-order chi connectivity index (χ1) is 15.5. The van der Waals surface area contributed by atoms with Crippen LogP contribution >= 0.6 is 0 Å². The van der Waals surface area contributed by atoms with E-state index in [2.05, 4.69) is 19.9 Å². The number of hydrogen-bond donors (Lipinski definition) is 1. The lowest BCUT2D eigenvalue weighted by Gasteiger charge is -2.14. The maximum absolute atomic E-state index is 13.1. The summed E-state index contributed by atoms with van der Waals surface area (Å²) in [4.78, 5) is 4.44. The van der Waals surface area contributed by atoms with Crippen LogP contribution in [0.2, 0.25) is 0 Å². The Labute approximate surface area is 184 Å². The molecule has 4 heterocycles. The highest BCUT2D eigenvalue weighted by Gasteiger charge is 2.22. The Morgan fingerprint density at radius 1 is 1.12 bits per heavy atom. The Kier molecular flexibility index (Phi) is 5.06. The molecule has 0 fully saturated rings. The number of fused-ring (bicyclic) bond motifs is 2. The molecule has 1 aliphatic rings. The molecule has 0 amide bonds. The van der Waals surface area contributed by atoms with E-state index in [-0.39, 0.29) is 4.90 Å². The number of pyridine rings is 1. The molecule has 1 aliphatic heterocycles. The second-order valence-electron chi connectivity index (χ2n) is 7.47. The molecule has 0 unspecified atom stereocenters. The third-order valence-corrected chi connectivity index (χ3v) is 6.82. The van der Waals surface area contributed by atoms with Crippen molar-refractivity contribution in [3.8, 4) is 17.0 Å². The molecule has 166 valence electrons. The molecular formula is C21H22N6O4S. The topological polar surface area (TPSA) is 113 Å². The van der Waals surface area contributed by atoms with Crippen molar-refractivity contribution in [1.82, 2.24) is 24.5 Å². The van der Waals surface area contributed by atoms with Crippen molar-refractivity contribution < 1.29 is 17.9 Å². The predicted molar refractivity (Wildman–Crippen MR) is 118 cm³/mol. The standard InChI is InChI=1S/C21H22N6O4S/c1-26-21-14(10-23-26)4-7-19(30-2)20(21)25-32(28,29)15-5-6-17(22-11-15)16-12-24-27-8-3-9-31-13-18(16)27/h4-7,10-12,25H,3,8-9,13H2,1-2H3. The average molecular weight is 455 g/mol. The molecule has 1 N–H and O–H groups in total. The fourth-order valence-corrected chi connectivity index (χ4v) is 4.89. The minimum Gasteiger partial charge on any atom is -0.494 e. The summed E-state index contributed by atoms with van der Waals surface area (Å²) in [7, 11) is -0.685. The van der Waals surface area contributed by atoms with Crippen LogP contribution in [0, 0.1) is 0 Å². The van der Waals surface area contributed by atoms with Crippen molar-refractivity contribution >= 4 is 26.6 Å². The van der Waals surface area contributed by atoms with E-state index in [9.17, 15) is 8.42 Å². The lowest BCUT2D eigenvalue weighted by Crippen LogP contribution is -2.15. The van der Waals surface area contributed by atoms with Gasteiger partial charge in [-0.05, 0) is 30.7 Å². The Balaban J connectivity index is 1.48. The number of nitrogens with zero attached hydrogens (tertiary/aromatic N) is 5. The summed E-state index contributed by atoms with van der Waals surface area (Å²) >= 11 is 0. The van der Waals surface area contributed by atoms with Gasteiger partial charge in [-0.2, -0.15) is 10.2 Å². The van der Waals surface area contributed by atoms with Gasteiger partial charge in [0.1, 0.15) is 16.3 Å². The first kappa shape index (κ1) is 20.5. The molecule has 1 aromatic carbocycles. The van der Waals surface area contributed by atoms with Gasteiger partial charge >= 0.3 is 0 Å². The Morgan fingerprint density at radius 2 is 2.00 bits per heavy atom. The van der Waals surface area contributed by atoms with E-state index >= 15 is 0 Å². The Hall–Kier alpha value is -3.44. The monoisotopic (exact) mass is 454 g/mol. The Morgan fingerprint density at radius 3 is 2.78 bits per heavy atom. The van der Waals surface area contributed by atoms with Gasteiger partial charge in [-0.25, -0.2) is 8.42 Å². The highest BCUT2D eigenvalue weighted by atomic mass is 32.2. The fraction of sp³-hybridized carbons (Fsp3) is 0.286. The highest BCUT2D eigenvalue weighted by molar-refractivity contribution is 7.92. The molecule has 10 nitrogen and oxygen atoms in total. The van der Waals surface area contributed by atoms with E-state index in [0.29, 0.717) is 35.9 Å². The number of rotatable bonds is 5. The van der Waals surface area contributed by atoms with E-state index in [4.69, 9.17) is 9.47 Å². The molecular weight excluding hydrogens is 432 g/mol. The SMILES string of the molecule is COc1ccc2cnn(C)c2c1NS(=O)(=O)c1ccc(-c2cnn3c2COCCC3)nc1. The summed E-state index contributed by atoms with van der Waals surface area (Å²) < 4.78 is 43.5. The van der Waals surface area contributed by atoms with Gasteiger partial charge in [0.05, 0.1) is 43.0 Å². The molecule has 4 aromatic rings. The number of anilines is 1. The van der Waals surface area contributed by atoms with E-state index in [1.54, 1.807) is 36.3 Å². The summed E-state index contributed by atoms with van der Waals surface area (Å²) in [6, 6.07) is 6.74. The summed E-state index contributed by atoms with van der Waals surface area (Å²) in [5.74, 6) is 0.400. The van der Waals surface area contributed by atoms with Crippen LogP contribution < -0.4 is 9.46 Å². The molecule has 11 heteroatoms. The van der Waals surface area contributed by atoms with Crippen LogP contribution in [0.25, 0.3) is 22.2 Å². The number of aryl methyl sites for hydroxylation is 2. The highest BCUT2D eigenvalue weighted by Crippen LogP contribution is 2.34. The quantitative estimate of drug-likeness (QED) is 0.493. The molecule has 0 spiro atoms. The molecule has 0 bridgehead atoms. The number of benzene rings is 1.